The van der Waals surface area contributed by atoms with Crippen molar-refractivity contribution < 1.29 is 4.79 Å². The minimum Gasteiger partial charge on any atom is -0.336 e. The first kappa shape index (κ1) is 16.3. The Bertz CT molecular complexity index is 1010. The second kappa shape index (κ2) is 6.59. The predicted molar refractivity (Wildman–Crippen MR) is 96.8 cm³/mol. The molecule has 7 heteroatoms. The van der Waals surface area contributed by atoms with Crippen molar-refractivity contribution in [3.63, 3.8) is 0 Å². The van der Waals surface area contributed by atoms with Crippen LogP contribution in [-0.2, 0) is 19.9 Å². The second-order valence-corrected chi connectivity index (χ2v) is 6.32. The molecule has 0 saturated heterocycles. The lowest BCUT2D eigenvalue weighted by Gasteiger charge is -2.19. The van der Waals surface area contributed by atoms with Crippen molar-refractivity contribution in [2.24, 2.45) is 7.05 Å². The molecule has 4 rings (SSSR count). The SMILES string of the molecule is Cn1nc(-c2ccccc2)c2c1CCN(C(=O)c1ncc[nH]c1=O)CC2. The molecule has 1 aromatic carbocycles. The largest absolute Gasteiger partial charge is 0.336 e. The van der Waals surface area contributed by atoms with Gasteiger partial charge in [0.2, 0.25) is 0 Å². The van der Waals surface area contributed by atoms with Gasteiger partial charge in [-0.2, -0.15) is 5.10 Å². The summed E-state index contributed by atoms with van der Waals surface area (Å²) >= 11 is 0. The molecule has 0 atom stereocenters. The molecule has 7 nitrogen and oxygen atoms in total. The highest BCUT2D eigenvalue weighted by molar-refractivity contribution is 5.92. The van der Waals surface area contributed by atoms with E-state index >= 15 is 0 Å². The molecule has 0 saturated carbocycles. The van der Waals surface area contributed by atoms with Crippen molar-refractivity contribution >= 4 is 5.91 Å². The molecular weight excluding hydrogens is 330 g/mol. The van der Waals surface area contributed by atoms with Gasteiger partial charge in [0.05, 0.1) is 5.69 Å². The van der Waals surface area contributed by atoms with Crippen LogP contribution in [0.15, 0.2) is 47.5 Å². The lowest BCUT2D eigenvalue weighted by molar-refractivity contribution is 0.0754. The maximum atomic E-state index is 12.7. The van der Waals surface area contributed by atoms with Crippen LogP contribution in [0.25, 0.3) is 11.3 Å². The van der Waals surface area contributed by atoms with Gasteiger partial charge in [0.15, 0.2) is 5.69 Å². The number of carbonyl (C=O) groups excluding carboxylic acids is 1. The lowest BCUT2D eigenvalue weighted by atomic mass is 10.0. The quantitative estimate of drug-likeness (QED) is 0.758. The van der Waals surface area contributed by atoms with Crippen molar-refractivity contribution in [3.8, 4) is 11.3 Å². The van der Waals surface area contributed by atoms with E-state index in [0.29, 0.717) is 25.9 Å². The van der Waals surface area contributed by atoms with Crippen molar-refractivity contribution in [3.05, 3.63) is 70.0 Å². The van der Waals surface area contributed by atoms with Crippen molar-refractivity contribution in [1.29, 1.82) is 0 Å². The highest BCUT2D eigenvalue weighted by Crippen LogP contribution is 2.28. The number of carbonyl (C=O) groups is 1. The van der Waals surface area contributed by atoms with E-state index < -0.39 is 5.56 Å². The minimum absolute atomic E-state index is 0.0557. The second-order valence-electron chi connectivity index (χ2n) is 6.32. The maximum absolute atomic E-state index is 12.7. The van der Waals surface area contributed by atoms with Crippen molar-refractivity contribution in [1.82, 2.24) is 24.6 Å². The first-order valence-corrected chi connectivity index (χ1v) is 8.58. The number of nitrogens with zero attached hydrogens (tertiary/aromatic N) is 4. The van der Waals surface area contributed by atoms with Crippen LogP contribution in [-0.4, -0.2) is 43.6 Å². The molecule has 1 amide bonds. The van der Waals surface area contributed by atoms with E-state index in [-0.39, 0.29) is 11.6 Å². The fourth-order valence-electron chi connectivity index (χ4n) is 3.46. The molecule has 26 heavy (non-hydrogen) atoms. The average Bonchev–Trinajstić information content (AvgIpc) is 2.84. The zero-order valence-corrected chi connectivity index (χ0v) is 14.5. The van der Waals surface area contributed by atoms with Gasteiger partial charge < -0.3 is 9.88 Å². The summed E-state index contributed by atoms with van der Waals surface area (Å²) in [5.41, 5.74) is 3.84. The molecule has 0 bridgehead atoms. The van der Waals surface area contributed by atoms with Crippen LogP contribution in [0, 0.1) is 0 Å². The Balaban J connectivity index is 1.63. The first-order valence-electron chi connectivity index (χ1n) is 8.58. The Hall–Kier alpha value is -3.22. The van der Waals surface area contributed by atoms with E-state index in [9.17, 15) is 9.59 Å². The summed E-state index contributed by atoms with van der Waals surface area (Å²) in [6, 6.07) is 10.1. The molecule has 0 spiro atoms. The molecule has 0 fully saturated rings. The van der Waals surface area contributed by atoms with E-state index in [0.717, 1.165) is 17.0 Å². The number of benzene rings is 1. The van der Waals surface area contributed by atoms with E-state index in [1.54, 1.807) is 4.90 Å². The van der Waals surface area contributed by atoms with Gasteiger partial charge in [-0.1, -0.05) is 30.3 Å². The van der Waals surface area contributed by atoms with Crippen LogP contribution in [0.2, 0.25) is 0 Å². The number of aromatic amines is 1. The zero-order valence-electron chi connectivity index (χ0n) is 14.5. The van der Waals surface area contributed by atoms with E-state index in [1.165, 1.54) is 18.0 Å². The molecule has 1 aliphatic rings. The summed E-state index contributed by atoms with van der Waals surface area (Å²) < 4.78 is 1.90. The summed E-state index contributed by atoms with van der Waals surface area (Å²) in [5, 5.41) is 4.69. The summed E-state index contributed by atoms with van der Waals surface area (Å²) in [6.45, 7) is 1.07. The summed E-state index contributed by atoms with van der Waals surface area (Å²) in [6.07, 6.45) is 4.25. The van der Waals surface area contributed by atoms with Crippen LogP contribution < -0.4 is 5.56 Å². The van der Waals surface area contributed by atoms with Gasteiger partial charge in [0.1, 0.15) is 0 Å². The molecule has 1 N–H and O–H groups in total. The number of hydrogen-bond acceptors (Lipinski definition) is 4. The van der Waals surface area contributed by atoms with Crippen molar-refractivity contribution in [2.45, 2.75) is 12.8 Å². The Morgan fingerprint density at radius 3 is 2.69 bits per heavy atom. The third kappa shape index (κ3) is 2.81. The van der Waals surface area contributed by atoms with Crippen LogP contribution in [0.3, 0.4) is 0 Å². The average molecular weight is 349 g/mol. The number of H-pyrrole nitrogens is 1. The number of hydrogen-bond donors (Lipinski definition) is 1. The van der Waals surface area contributed by atoms with Crippen LogP contribution in [0.1, 0.15) is 21.7 Å². The first-order chi connectivity index (χ1) is 12.6. The fraction of sp³-hybridized carbons (Fsp3) is 0.263. The van der Waals surface area contributed by atoms with Gasteiger partial charge in [-0.15, -0.1) is 0 Å². The Morgan fingerprint density at radius 2 is 1.92 bits per heavy atom. The van der Waals surface area contributed by atoms with Gasteiger partial charge in [-0.3, -0.25) is 14.3 Å². The van der Waals surface area contributed by atoms with Crippen LogP contribution >= 0.6 is 0 Å². The number of amides is 1. The Kier molecular flexibility index (Phi) is 4.12. The number of aromatic nitrogens is 4. The normalized spacial score (nSPS) is 14.0. The van der Waals surface area contributed by atoms with Gasteiger partial charge in [-0.05, 0) is 6.42 Å². The summed E-state index contributed by atoms with van der Waals surface area (Å²) in [4.78, 5) is 32.7. The Labute approximate surface area is 150 Å². The predicted octanol–water partition coefficient (Wildman–Crippen LogP) is 1.41. The molecule has 2 aromatic heterocycles. The van der Waals surface area contributed by atoms with E-state index in [4.69, 9.17) is 5.10 Å². The molecule has 0 aliphatic carbocycles. The molecule has 0 radical (unpaired) electrons. The summed E-state index contributed by atoms with van der Waals surface area (Å²) in [5.74, 6) is -0.325. The van der Waals surface area contributed by atoms with Gasteiger partial charge in [-0.25, -0.2) is 4.98 Å². The third-order valence-electron chi connectivity index (χ3n) is 4.77. The van der Waals surface area contributed by atoms with Crippen molar-refractivity contribution in [2.75, 3.05) is 13.1 Å². The number of aryl methyl sites for hydroxylation is 1. The van der Waals surface area contributed by atoms with Crippen LogP contribution in [0.4, 0.5) is 0 Å². The molecule has 1 aliphatic heterocycles. The number of rotatable bonds is 2. The fourth-order valence-corrected chi connectivity index (χ4v) is 3.46. The lowest BCUT2D eigenvalue weighted by Crippen LogP contribution is -2.37. The van der Waals surface area contributed by atoms with Gasteiger partial charge in [0, 0.05) is 55.8 Å². The topological polar surface area (TPSA) is 83.9 Å². The standard InChI is InChI=1S/C19H19N5O2/c1-23-15-8-12-24(19(26)17-18(25)21-10-9-20-17)11-7-14(15)16(22-23)13-5-3-2-4-6-13/h2-6,9-10H,7-8,11-12H2,1H3,(H,21,25). The molecule has 132 valence electrons. The van der Waals surface area contributed by atoms with Crippen LogP contribution in [0.5, 0.6) is 0 Å². The van der Waals surface area contributed by atoms with Gasteiger partial charge >= 0.3 is 0 Å². The molecule has 3 aromatic rings. The minimum atomic E-state index is -0.453. The highest BCUT2D eigenvalue weighted by Gasteiger charge is 2.26. The zero-order chi connectivity index (χ0) is 18.1. The van der Waals surface area contributed by atoms with Gasteiger partial charge in [0.25, 0.3) is 11.5 Å². The smallest absolute Gasteiger partial charge is 0.279 e. The Morgan fingerprint density at radius 1 is 1.15 bits per heavy atom. The molecule has 0 unspecified atom stereocenters. The third-order valence-corrected chi connectivity index (χ3v) is 4.77. The van der Waals surface area contributed by atoms with E-state index in [1.807, 2.05) is 42.1 Å². The highest BCUT2D eigenvalue weighted by atomic mass is 16.2. The number of nitrogens with one attached hydrogen (secondary N) is 1. The maximum Gasteiger partial charge on any atom is 0.279 e. The molecular formula is C19H19N5O2. The molecule has 3 heterocycles. The monoisotopic (exact) mass is 349 g/mol. The van der Waals surface area contributed by atoms with E-state index in [2.05, 4.69) is 9.97 Å². The number of fused-ring (bicyclic) bond motifs is 1. The summed E-state index contributed by atoms with van der Waals surface area (Å²) in [7, 11) is 1.94.